The quantitative estimate of drug-likeness (QED) is 0.939. The Balaban J connectivity index is 1.91. The molecule has 5 nitrogen and oxygen atoms in total. The lowest BCUT2D eigenvalue weighted by Crippen LogP contribution is -2.26. The SMILES string of the molecule is Cc1nnc(CN2C[C@@H](O)C[C@H]2c2ccccc2C(F)(F)F)o1. The van der Waals surface area contributed by atoms with Gasteiger partial charge >= 0.3 is 6.18 Å². The summed E-state index contributed by atoms with van der Waals surface area (Å²) in [6, 6.07) is 4.91. The van der Waals surface area contributed by atoms with Gasteiger partial charge in [-0.2, -0.15) is 13.2 Å². The van der Waals surface area contributed by atoms with Gasteiger partial charge in [0.25, 0.3) is 0 Å². The molecule has 1 aromatic carbocycles. The van der Waals surface area contributed by atoms with E-state index in [1.54, 1.807) is 17.9 Å². The van der Waals surface area contributed by atoms with Crippen molar-refractivity contribution in [1.82, 2.24) is 15.1 Å². The van der Waals surface area contributed by atoms with E-state index in [0.29, 0.717) is 11.8 Å². The first-order valence-electron chi connectivity index (χ1n) is 7.22. The highest BCUT2D eigenvalue weighted by Gasteiger charge is 2.40. The summed E-state index contributed by atoms with van der Waals surface area (Å²) in [5.74, 6) is 0.720. The van der Waals surface area contributed by atoms with Crippen LogP contribution >= 0.6 is 0 Å². The molecule has 1 aliphatic rings. The van der Waals surface area contributed by atoms with Crippen molar-refractivity contribution in [3.63, 3.8) is 0 Å². The van der Waals surface area contributed by atoms with Crippen molar-refractivity contribution < 1.29 is 22.7 Å². The van der Waals surface area contributed by atoms with Gasteiger partial charge in [-0.05, 0) is 18.1 Å². The summed E-state index contributed by atoms with van der Waals surface area (Å²) in [5, 5.41) is 17.5. The molecule has 23 heavy (non-hydrogen) atoms. The normalized spacial score (nSPS) is 22.7. The number of alkyl halides is 3. The molecule has 0 spiro atoms. The lowest BCUT2D eigenvalue weighted by atomic mass is 9.97. The molecule has 2 aromatic rings. The van der Waals surface area contributed by atoms with Crippen molar-refractivity contribution in [1.29, 1.82) is 0 Å². The van der Waals surface area contributed by atoms with E-state index >= 15 is 0 Å². The number of aryl methyl sites for hydroxylation is 1. The number of β-amino-alcohol motifs (C(OH)–C–C–N with tert-alkyl or cyclic N) is 1. The van der Waals surface area contributed by atoms with Crippen molar-refractivity contribution in [2.45, 2.75) is 38.2 Å². The van der Waals surface area contributed by atoms with E-state index < -0.39 is 23.9 Å². The zero-order valence-electron chi connectivity index (χ0n) is 12.4. The number of aliphatic hydroxyl groups excluding tert-OH is 1. The second-order valence-corrected chi connectivity index (χ2v) is 5.63. The predicted molar refractivity (Wildman–Crippen MR) is 74.3 cm³/mol. The molecule has 0 bridgehead atoms. The predicted octanol–water partition coefficient (Wildman–Crippen LogP) is 2.70. The first kappa shape index (κ1) is 15.9. The third-order valence-electron chi connectivity index (χ3n) is 3.91. The Hall–Kier alpha value is -1.93. The fourth-order valence-corrected chi connectivity index (χ4v) is 3.00. The molecule has 1 N–H and O–H groups in total. The lowest BCUT2D eigenvalue weighted by molar-refractivity contribution is -0.138. The van der Waals surface area contributed by atoms with E-state index in [1.807, 2.05) is 0 Å². The van der Waals surface area contributed by atoms with Gasteiger partial charge in [-0.3, -0.25) is 4.90 Å². The van der Waals surface area contributed by atoms with Crippen LogP contribution in [0.5, 0.6) is 0 Å². The standard InChI is InChI=1S/C15H16F3N3O2/c1-9-19-20-14(23-9)8-21-7-10(22)6-13(21)11-4-2-3-5-12(11)15(16,17)18/h2-5,10,13,22H,6-8H2,1H3/t10-,13-/m0/s1. The van der Waals surface area contributed by atoms with Crippen LogP contribution in [0.4, 0.5) is 13.2 Å². The number of aliphatic hydroxyl groups is 1. The van der Waals surface area contributed by atoms with Gasteiger partial charge in [-0.15, -0.1) is 10.2 Å². The zero-order valence-corrected chi connectivity index (χ0v) is 12.4. The number of aromatic nitrogens is 2. The van der Waals surface area contributed by atoms with Crippen LogP contribution in [0.2, 0.25) is 0 Å². The van der Waals surface area contributed by atoms with Crippen LogP contribution in [0.3, 0.4) is 0 Å². The monoisotopic (exact) mass is 327 g/mol. The molecular formula is C15H16F3N3O2. The highest BCUT2D eigenvalue weighted by molar-refractivity contribution is 5.33. The molecule has 1 aliphatic heterocycles. The largest absolute Gasteiger partial charge is 0.424 e. The van der Waals surface area contributed by atoms with Crippen LogP contribution < -0.4 is 0 Å². The number of nitrogens with zero attached hydrogens (tertiary/aromatic N) is 3. The molecule has 2 atom stereocenters. The van der Waals surface area contributed by atoms with Gasteiger partial charge in [0.1, 0.15) is 0 Å². The van der Waals surface area contributed by atoms with Crippen LogP contribution in [0.25, 0.3) is 0 Å². The molecule has 2 heterocycles. The third-order valence-corrected chi connectivity index (χ3v) is 3.91. The number of benzene rings is 1. The Morgan fingerprint density at radius 3 is 2.70 bits per heavy atom. The molecule has 1 saturated heterocycles. The van der Waals surface area contributed by atoms with Crippen molar-refractivity contribution in [3.8, 4) is 0 Å². The van der Waals surface area contributed by atoms with E-state index in [4.69, 9.17) is 4.42 Å². The highest BCUT2D eigenvalue weighted by atomic mass is 19.4. The van der Waals surface area contributed by atoms with E-state index in [9.17, 15) is 18.3 Å². The maximum absolute atomic E-state index is 13.2. The number of hydrogen-bond acceptors (Lipinski definition) is 5. The Bertz CT molecular complexity index is 687. The Morgan fingerprint density at radius 2 is 2.04 bits per heavy atom. The van der Waals surface area contributed by atoms with Crippen LogP contribution in [0.15, 0.2) is 28.7 Å². The molecule has 1 fully saturated rings. The van der Waals surface area contributed by atoms with Crippen LogP contribution in [0, 0.1) is 6.92 Å². The molecule has 0 saturated carbocycles. The fourth-order valence-electron chi connectivity index (χ4n) is 3.00. The van der Waals surface area contributed by atoms with E-state index in [-0.39, 0.29) is 25.1 Å². The van der Waals surface area contributed by atoms with Crippen molar-refractivity contribution in [3.05, 3.63) is 47.2 Å². The first-order chi connectivity index (χ1) is 10.8. The smallest absolute Gasteiger partial charge is 0.416 e. The first-order valence-corrected chi connectivity index (χ1v) is 7.22. The summed E-state index contributed by atoms with van der Waals surface area (Å²) >= 11 is 0. The third kappa shape index (κ3) is 3.37. The minimum Gasteiger partial charge on any atom is -0.424 e. The molecule has 0 radical (unpaired) electrons. The van der Waals surface area contributed by atoms with Gasteiger partial charge in [-0.25, -0.2) is 0 Å². The average molecular weight is 327 g/mol. The molecule has 0 aliphatic carbocycles. The van der Waals surface area contributed by atoms with Crippen LogP contribution in [-0.4, -0.2) is 32.9 Å². The number of halogens is 3. The average Bonchev–Trinajstić information content (AvgIpc) is 3.04. The lowest BCUT2D eigenvalue weighted by Gasteiger charge is -2.25. The summed E-state index contributed by atoms with van der Waals surface area (Å²) < 4.78 is 45.0. The minimum absolute atomic E-state index is 0.160. The Morgan fingerprint density at radius 1 is 1.30 bits per heavy atom. The Labute approximate surface area is 130 Å². The Kier molecular flexibility index (Phi) is 4.11. The molecule has 1 aromatic heterocycles. The molecule has 0 unspecified atom stereocenters. The summed E-state index contributed by atoms with van der Waals surface area (Å²) in [4.78, 5) is 1.74. The molecular weight excluding hydrogens is 311 g/mol. The minimum atomic E-state index is -4.43. The van der Waals surface area contributed by atoms with E-state index in [1.165, 1.54) is 12.1 Å². The number of rotatable bonds is 3. The van der Waals surface area contributed by atoms with Crippen molar-refractivity contribution in [2.24, 2.45) is 0 Å². The maximum atomic E-state index is 13.2. The van der Waals surface area contributed by atoms with Crippen LogP contribution in [0.1, 0.15) is 35.4 Å². The van der Waals surface area contributed by atoms with Crippen molar-refractivity contribution >= 4 is 0 Å². The topological polar surface area (TPSA) is 62.4 Å². The van der Waals surface area contributed by atoms with Gasteiger partial charge in [-0.1, -0.05) is 18.2 Å². The molecule has 124 valence electrons. The van der Waals surface area contributed by atoms with E-state index in [2.05, 4.69) is 10.2 Å². The van der Waals surface area contributed by atoms with Crippen LogP contribution in [-0.2, 0) is 12.7 Å². The van der Waals surface area contributed by atoms with Gasteiger partial charge in [0.2, 0.25) is 11.8 Å². The summed E-state index contributed by atoms with van der Waals surface area (Å²) in [6.07, 6.45) is -4.89. The number of hydrogen-bond donors (Lipinski definition) is 1. The van der Waals surface area contributed by atoms with E-state index in [0.717, 1.165) is 6.07 Å². The van der Waals surface area contributed by atoms with Gasteiger partial charge in [0.15, 0.2) is 0 Å². The van der Waals surface area contributed by atoms with Gasteiger partial charge in [0.05, 0.1) is 18.2 Å². The molecule has 8 heteroatoms. The number of likely N-dealkylation sites (tertiary alicyclic amines) is 1. The van der Waals surface area contributed by atoms with Gasteiger partial charge < -0.3 is 9.52 Å². The molecule has 3 rings (SSSR count). The van der Waals surface area contributed by atoms with Crippen molar-refractivity contribution in [2.75, 3.05) is 6.54 Å². The second kappa shape index (κ2) is 5.93. The summed E-state index contributed by atoms with van der Waals surface area (Å²) in [6.45, 7) is 2.11. The molecule has 0 amide bonds. The summed E-state index contributed by atoms with van der Waals surface area (Å²) in [7, 11) is 0. The second-order valence-electron chi connectivity index (χ2n) is 5.63. The van der Waals surface area contributed by atoms with Gasteiger partial charge in [0, 0.05) is 19.5 Å². The zero-order chi connectivity index (χ0) is 16.6. The highest BCUT2D eigenvalue weighted by Crippen LogP contribution is 2.40. The summed E-state index contributed by atoms with van der Waals surface area (Å²) in [5.41, 5.74) is -0.515. The maximum Gasteiger partial charge on any atom is 0.416 e. The fraction of sp³-hybridized carbons (Fsp3) is 0.467.